The van der Waals surface area contributed by atoms with Crippen molar-refractivity contribution in [3.8, 4) is 17.2 Å². The molecule has 35 heavy (non-hydrogen) atoms. The number of nitrogens with zero attached hydrogens (tertiary/aromatic N) is 1. The second kappa shape index (κ2) is 13.2. The molecular weight excluding hydrogens is 442 g/mol. The molecule has 0 unspecified atom stereocenters. The molecule has 0 spiro atoms. The van der Waals surface area contributed by atoms with Crippen molar-refractivity contribution in [3.05, 3.63) is 89.5 Å². The molecule has 2 N–H and O–H groups in total. The SMILES string of the molecule is CCN(CC)CCNC(=O)c1ccc(C(=O)NCc2ccc(Oc3ccccc3)cc2)cc1OC. The van der Waals surface area contributed by atoms with Crippen LogP contribution in [0.15, 0.2) is 72.8 Å². The summed E-state index contributed by atoms with van der Waals surface area (Å²) in [6.07, 6.45) is 0. The van der Waals surface area contributed by atoms with E-state index in [0.29, 0.717) is 30.0 Å². The summed E-state index contributed by atoms with van der Waals surface area (Å²) in [6, 6.07) is 21.9. The van der Waals surface area contributed by atoms with Crippen molar-refractivity contribution in [2.75, 3.05) is 33.3 Å². The van der Waals surface area contributed by atoms with Gasteiger partial charge in [-0.05, 0) is 61.1 Å². The Morgan fingerprint density at radius 1 is 0.829 bits per heavy atom. The molecule has 0 aliphatic rings. The fourth-order valence-corrected chi connectivity index (χ4v) is 3.57. The lowest BCUT2D eigenvalue weighted by molar-refractivity contribution is 0.0935. The molecular formula is C28H33N3O4. The summed E-state index contributed by atoms with van der Waals surface area (Å²) in [4.78, 5) is 27.5. The fraction of sp³-hybridized carbons (Fsp3) is 0.286. The van der Waals surface area contributed by atoms with E-state index in [0.717, 1.165) is 36.7 Å². The zero-order chi connectivity index (χ0) is 25.0. The molecule has 3 rings (SSSR count). The van der Waals surface area contributed by atoms with Gasteiger partial charge in [-0.2, -0.15) is 0 Å². The van der Waals surface area contributed by atoms with Crippen molar-refractivity contribution in [2.24, 2.45) is 0 Å². The van der Waals surface area contributed by atoms with Crippen LogP contribution in [0, 0.1) is 0 Å². The van der Waals surface area contributed by atoms with E-state index in [1.54, 1.807) is 18.2 Å². The van der Waals surface area contributed by atoms with Gasteiger partial charge in [0.15, 0.2) is 0 Å². The number of amides is 2. The predicted molar refractivity (Wildman–Crippen MR) is 137 cm³/mol. The molecule has 0 fully saturated rings. The summed E-state index contributed by atoms with van der Waals surface area (Å²) in [7, 11) is 1.49. The Morgan fingerprint density at radius 3 is 2.17 bits per heavy atom. The van der Waals surface area contributed by atoms with Crippen LogP contribution in [-0.2, 0) is 6.54 Å². The lowest BCUT2D eigenvalue weighted by Gasteiger charge is -2.18. The minimum absolute atomic E-state index is 0.223. The summed E-state index contributed by atoms with van der Waals surface area (Å²) in [5.74, 6) is 1.38. The second-order valence-corrected chi connectivity index (χ2v) is 7.94. The molecule has 7 nitrogen and oxygen atoms in total. The summed E-state index contributed by atoms with van der Waals surface area (Å²) in [5, 5.41) is 5.82. The van der Waals surface area contributed by atoms with Crippen molar-refractivity contribution in [2.45, 2.75) is 20.4 Å². The Labute approximate surface area is 207 Å². The molecule has 184 valence electrons. The molecule has 0 saturated heterocycles. The van der Waals surface area contributed by atoms with Crippen molar-refractivity contribution >= 4 is 11.8 Å². The number of hydrogen-bond donors (Lipinski definition) is 2. The van der Waals surface area contributed by atoms with Gasteiger partial charge < -0.3 is 25.0 Å². The molecule has 3 aromatic rings. The van der Waals surface area contributed by atoms with Gasteiger partial charge in [0.1, 0.15) is 17.2 Å². The molecule has 0 aliphatic carbocycles. The largest absolute Gasteiger partial charge is 0.496 e. The third-order valence-electron chi connectivity index (χ3n) is 5.67. The first-order chi connectivity index (χ1) is 17.0. The number of rotatable bonds is 12. The van der Waals surface area contributed by atoms with Crippen molar-refractivity contribution in [1.82, 2.24) is 15.5 Å². The van der Waals surface area contributed by atoms with E-state index in [1.165, 1.54) is 7.11 Å². The first-order valence-electron chi connectivity index (χ1n) is 11.8. The van der Waals surface area contributed by atoms with Crippen molar-refractivity contribution in [1.29, 1.82) is 0 Å². The number of carbonyl (C=O) groups is 2. The Kier molecular flexibility index (Phi) is 9.69. The maximum atomic E-state index is 12.7. The highest BCUT2D eigenvalue weighted by atomic mass is 16.5. The molecule has 7 heteroatoms. The van der Waals surface area contributed by atoms with Crippen LogP contribution in [0.1, 0.15) is 40.1 Å². The quantitative estimate of drug-likeness (QED) is 0.404. The van der Waals surface area contributed by atoms with Crippen molar-refractivity contribution in [3.63, 3.8) is 0 Å². The average molecular weight is 476 g/mol. The molecule has 0 radical (unpaired) electrons. The minimum Gasteiger partial charge on any atom is -0.496 e. The van der Waals surface area contributed by atoms with Gasteiger partial charge in [-0.25, -0.2) is 0 Å². The Bertz CT molecular complexity index is 1100. The zero-order valence-electron chi connectivity index (χ0n) is 20.5. The van der Waals surface area contributed by atoms with Crippen LogP contribution in [0.3, 0.4) is 0 Å². The molecule has 0 heterocycles. The average Bonchev–Trinajstić information content (AvgIpc) is 2.90. The van der Waals surface area contributed by atoms with Gasteiger partial charge in [0.25, 0.3) is 11.8 Å². The number of likely N-dealkylation sites (N-methyl/N-ethyl adjacent to an activating group) is 1. The molecule has 0 saturated carbocycles. The summed E-state index contributed by atoms with van der Waals surface area (Å²) < 4.78 is 11.2. The van der Waals surface area contributed by atoms with Gasteiger partial charge in [-0.15, -0.1) is 0 Å². The minimum atomic E-state index is -0.249. The van der Waals surface area contributed by atoms with Crippen LogP contribution < -0.4 is 20.1 Å². The van der Waals surface area contributed by atoms with E-state index in [1.807, 2.05) is 54.6 Å². The molecule has 0 bridgehead atoms. The normalized spacial score (nSPS) is 10.6. The molecule has 2 amide bonds. The van der Waals surface area contributed by atoms with Crippen LogP contribution in [-0.4, -0.2) is 50.0 Å². The Morgan fingerprint density at radius 2 is 1.51 bits per heavy atom. The lowest BCUT2D eigenvalue weighted by atomic mass is 10.1. The number of benzene rings is 3. The van der Waals surface area contributed by atoms with Crippen molar-refractivity contribution < 1.29 is 19.1 Å². The van der Waals surface area contributed by atoms with E-state index >= 15 is 0 Å². The van der Waals surface area contributed by atoms with Gasteiger partial charge in [-0.3, -0.25) is 9.59 Å². The zero-order valence-corrected chi connectivity index (χ0v) is 20.5. The summed E-state index contributed by atoms with van der Waals surface area (Å²) in [5.41, 5.74) is 1.76. The number of para-hydroxylation sites is 1. The smallest absolute Gasteiger partial charge is 0.255 e. The predicted octanol–water partition coefficient (Wildman–Crippen LogP) is 4.49. The number of carbonyl (C=O) groups excluding carboxylic acids is 2. The molecule has 3 aromatic carbocycles. The first kappa shape index (κ1) is 25.8. The third kappa shape index (κ3) is 7.58. The van der Waals surface area contributed by atoms with E-state index in [-0.39, 0.29) is 11.8 Å². The van der Waals surface area contributed by atoms with E-state index in [9.17, 15) is 9.59 Å². The summed E-state index contributed by atoms with van der Waals surface area (Å²) in [6.45, 7) is 7.74. The molecule has 0 aromatic heterocycles. The van der Waals surface area contributed by atoms with E-state index < -0.39 is 0 Å². The monoisotopic (exact) mass is 475 g/mol. The maximum absolute atomic E-state index is 12.7. The van der Waals surface area contributed by atoms with Crippen LogP contribution >= 0.6 is 0 Å². The molecule has 0 atom stereocenters. The number of hydrogen-bond acceptors (Lipinski definition) is 5. The highest BCUT2D eigenvalue weighted by molar-refractivity contribution is 6.00. The lowest BCUT2D eigenvalue weighted by Crippen LogP contribution is -2.35. The third-order valence-corrected chi connectivity index (χ3v) is 5.67. The van der Waals surface area contributed by atoms with Gasteiger partial charge in [0.2, 0.25) is 0 Å². The number of nitrogens with one attached hydrogen (secondary N) is 2. The Hall–Kier alpha value is -3.84. The van der Waals surface area contributed by atoms with Gasteiger partial charge >= 0.3 is 0 Å². The van der Waals surface area contributed by atoms with Gasteiger partial charge in [0.05, 0.1) is 12.7 Å². The second-order valence-electron chi connectivity index (χ2n) is 7.94. The van der Waals surface area contributed by atoms with Crippen LogP contribution in [0.5, 0.6) is 17.2 Å². The Balaban J connectivity index is 1.55. The van der Waals surface area contributed by atoms with Crippen LogP contribution in [0.2, 0.25) is 0 Å². The number of methoxy groups -OCH3 is 1. The molecule has 0 aliphatic heterocycles. The topological polar surface area (TPSA) is 79.9 Å². The fourth-order valence-electron chi connectivity index (χ4n) is 3.57. The van der Waals surface area contributed by atoms with Crippen LogP contribution in [0.4, 0.5) is 0 Å². The summed E-state index contributed by atoms with van der Waals surface area (Å²) >= 11 is 0. The number of ether oxygens (including phenoxy) is 2. The van der Waals surface area contributed by atoms with E-state index in [2.05, 4.69) is 29.4 Å². The standard InChI is InChI=1S/C28H33N3O4/c1-4-31(5-2)18-17-29-28(33)25-16-13-22(19-26(25)34-3)27(32)30-20-21-11-14-24(15-12-21)35-23-9-7-6-8-10-23/h6-16,19H,4-5,17-18,20H2,1-3H3,(H,29,33)(H,30,32). The van der Waals surface area contributed by atoms with Crippen LogP contribution in [0.25, 0.3) is 0 Å². The highest BCUT2D eigenvalue weighted by Gasteiger charge is 2.15. The van der Waals surface area contributed by atoms with Gasteiger partial charge in [0, 0.05) is 25.2 Å². The first-order valence-corrected chi connectivity index (χ1v) is 11.8. The maximum Gasteiger partial charge on any atom is 0.255 e. The van der Waals surface area contributed by atoms with E-state index in [4.69, 9.17) is 9.47 Å². The van der Waals surface area contributed by atoms with Gasteiger partial charge in [-0.1, -0.05) is 44.2 Å². The highest BCUT2D eigenvalue weighted by Crippen LogP contribution is 2.22.